The van der Waals surface area contributed by atoms with E-state index in [1.54, 1.807) is 12.1 Å². The first-order chi connectivity index (χ1) is 11.4. The maximum Gasteiger partial charge on any atom is 0.240 e. The van der Waals surface area contributed by atoms with Crippen LogP contribution in [0.5, 0.6) is 11.5 Å². The van der Waals surface area contributed by atoms with Crippen LogP contribution in [0.4, 0.5) is 0 Å². The first-order valence-electron chi connectivity index (χ1n) is 8.21. The standard InChI is InChI=1S/C16H24N2O5S/c1-16(2,18-5-7-21-8-6-18)12-17-24(19,20)13-3-4-14-15(11-13)23-10-9-22-14/h3-4,11,17H,5-10,12H2,1-2H3/p+1. The molecule has 8 heteroatoms. The normalized spacial score (nSPS) is 19.2. The largest absolute Gasteiger partial charge is 0.486 e. The topological polar surface area (TPSA) is 78.3 Å². The minimum absolute atomic E-state index is 0.194. The lowest BCUT2D eigenvalue weighted by molar-refractivity contribution is -0.954. The summed E-state index contributed by atoms with van der Waals surface area (Å²) in [4.78, 5) is 1.54. The molecule has 2 N–H and O–H groups in total. The quantitative estimate of drug-likeness (QED) is 0.738. The summed E-state index contributed by atoms with van der Waals surface area (Å²) in [6.45, 7) is 8.61. The first kappa shape index (κ1) is 17.5. The molecular formula is C16H25N2O5S+. The minimum Gasteiger partial charge on any atom is -0.486 e. The molecular weight excluding hydrogens is 332 g/mol. The van der Waals surface area contributed by atoms with Crippen molar-refractivity contribution in [2.75, 3.05) is 46.1 Å². The van der Waals surface area contributed by atoms with Crippen molar-refractivity contribution in [1.29, 1.82) is 0 Å². The number of hydrogen-bond acceptors (Lipinski definition) is 5. The highest BCUT2D eigenvalue weighted by Gasteiger charge is 2.33. The van der Waals surface area contributed by atoms with E-state index in [-0.39, 0.29) is 10.4 Å². The minimum atomic E-state index is -3.60. The number of nitrogens with one attached hydrogen (secondary N) is 2. The lowest BCUT2D eigenvalue weighted by Crippen LogP contribution is -3.22. The fraction of sp³-hybridized carbons (Fsp3) is 0.625. The molecule has 0 aliphatic carbocycles. The Balaban J connectivity index is 1.69. The van der Waals surface area contributed by atoms with Gasteiger partial charge in [-0.1, -0.05) is 0 Å². The van der Waals surface area contributed by atoms with Gasteiger partial charge in [-0.25, -0.2) is 13.1 Å². The van der Waals surface area contributed by atoms with Crippen LogP contribution in [0.1, 0.15) is 13.8 Å². The Morgan fingerprint density at radius 1 is 1.08 bits per heavy atom. The van der Waals surface area contributed by atoms with Crippen molar-refractivity contribution in [3.63, 3.8) is 0 Å². The highest BCUT2D eigenvalue weighted by molar-refractivity contribution is 7.89. The summed E-state index contributed by atoms with van der Waals surface area (Å²) >= 11 is 0. The van der Waals surface area contributed by atoms with Crippen molar-refractivity contribution in [1.82, 2.24) is 4.72 Å². The zero-order chi connectivity index (χ0) is 17.2. The van der Waals surface area contributed by atoms with Crippen LogP contribution in [0.25, 0.3) is 0 Å². The highest BCUT2D eigenvalue weighted by Crippen LogP contribution is 2.32. The molecule has 0 amide bonds. The summed E-state index contributed by atoms with van der Waals surface area (Å²) in [5.41, 5.74) is -0.204. The van der Waals surface area contributed by atoms with E-state index >= 15 is 0 Å². The summed E-state index contributed by atoms with van der Waals surface area (Å²) in [6.07, 6.45) is 0. The molecule has 0 atom stereocenters. The molecule has 0 unspecified atom stereocenters. The van der Waals surface area contributed by atoms with Crippen LogP contribution in [0.3, 0.4) is 0 Å². The first-order valence-corrected chi connectivity index (χ1v) is 9.69. The number of hydrogen-bond donors (Lipinski definition) is 2. The Bertz CT molecular complexity index is 684. The Hall–Kier alpha value is -1.35. The van der Waals surface area contributed by atoms with Gasteiger partial charge in [0.05, 0.1) is 24.7 Å². The van der Waals surface area contributed by atoms with Crippen LogP contribution < -0.4 is 19.1 Å². The van der Waals surface area contributed by atoms with Gasteiger partial charge < -0.3 is 19.1 Å². The molecule has 0 radical (unpaired) electrons. The fourth-order valence-electron chi connectivity index (χ4n) is 2.97. The van der Waals surface area contributed by atoms with Crippen LogP contribution in [0, 0.1) is 0 Å². The van der Waals surface area contributed by atoms with Gasteiger partial charge in [-0.3, -0.25) is 0 Å². The predicted molar refractivity (Wildman–Crippen MR) is 88.2 cm³/mol. The summed E-state index contributed by atoms with van der Waals surface area (Å²) in [5, 5.41) is 0. The van der Waals surface area contributed by atoms with Gasteiger partial charge in [-0.2, -0.15) is 0 Å². The lowest BCUT2D eigenvalue weighted by atomic mass is 10.0. The van der Waals surface area contributed by atoms with Crippen LogP contribution in [-0.4, -0.2) is 60.0 Å². The summed E-state index contributed by atoms with van der Waals surface area (Å²) in [6, 6.07) is 4.71. The van der Waals surface area contributed by atoms with E-state index < -0.39 is 10.0 Å². The number of benzene rings is 1. The van der Waals surface area contributed by atoms with Crippen molar-refractivity contribution >= 4 is 10.0 Å². The lowest BCUT2D eigenvalue weighted by Gasteiger charge is -2.37. The van der Waals surface area contributed by atoms with Gasteiger partial charge in [0.15, 0.2) is 11.5 Å². The molecule has 0 aromatic heterocycles. The Kier molecular flexibility index (Phi) is 5.00. The molecule has 24 heavy (non-hydrogen) atoms. The monoisotopic (exact) mass is 357 g/mol. The van der Waals surface area contributed by atoms with E-state index in [1.807, 2.05) is 0 Å². The summed E-state index contributed by atoms with van der Waals surface area (Å²) in [7, 11) is -3.60. The molecule has 134 valence electrons. The molecule has 1 aromatic rings. The second kappa shape index (κ2) is 6.87. The molecule has 1 saturated heterocycles. The van der Waals surface area contributed by atoms with Crippen molar-refractivity contribution in [3.8, 4) is 11.5 Å². The van der Waals surface area contributed by atoms with Gasteiger partial charge in [0, 0.05) is 6.07 Å². The average molecular weight is 357 g/mol. The van der Waals surface area contributed by atoms with Crippen molar-refractivity contribution in [3.05, 3.63) is 18.2 Å². The van der Waals surface area contributed by atoms with Crippen LogP contribution in [0.15, 0.2) is 23.1 Å². The number of quaternary nitrogens is 1. The molecule has 3 rings (SSSR count). The van der Waals surface area contributed by atoms with Crippen LogP contribution >= 0.6 is 0 Å². The molecule has 7 nitrogen and oxygen atoms in total. The molecule has 2 aliphatic heterocycles. The van der Waals surface area contributed by atoms with Crippen LogP contribution in [0.2, 0.25) is 0 Å². The number of rotatable bonds is 5. The Labute approximate surface area is 142 Å². The fourth-order valence-corrected chi connectivity index (χ4v) is 4.20. The number of morpholine rings is 1. The molecule has 0 bridgehead atoms. The Morgan fingerprint density at radius 3 is 2.46 bits per heavy atom. The molecule has 1 aromatic carbocycles. The highest BCUT2D eigenvalue weighted by atomic mass is 32.2. The molecule has 0 spiro atoms. The maximum atomic E-state index is 12.6. The molecule has 0 saturated carbocycles. The zero-order valence-corrected chi connectivity index (χ0v) is 14.9. The number of sulfonamides is 1. The second-order valence-corrected chi connectivity index (χ2v) is 8.50. The van der Waals surface area contributed by atoms with Gasteiger partial charge in [-0.15, -0.1) is 0 Å². The van der Waals surface area contributed by atoms with E-state index in [1.165, 1.54) is 11.0 Å². The zero-order valence-electron chi connectivity index (χ0n) is 14.1. The Morgan fingerprint density at radius 2 is 1.75 bits per heavy atom. The van der Waals surface area contributed by atoms with Crippen LogP contribution in [-0.2, 0) is 14.8 Å². The summed E-state index contributed by atoms with van der Waals surface area (Å²) < 4.78 is 44.2. The molecule has 2 aliphatic rings. The third-order valence-corrected chi connectivity index (χ3v) is 5.98. The molecule has 1 fully saturated rings. The van der Waals surface area contributed by atoms with E-state index in [9.17, 15) is 8.42 Å². The smallest absolute Gasteiger partial charge is 0.240 e. The van der Waals surface area contributed by atoms with Gasteiger partial charge in [0.2, 0.25) is 10.0 Å². The number of ether oxygens (including phenoxy) is 3. The molecule has 2 heterocycles. The van der Waals surface area contributed by atoms with E-state index in [0.717, 1.165) is 13.1 Å². The van der Waals surface area contributed by atoms with Crippen molar-refractivity contribution in [2.45, 2.75) is 24.3 Å². The summed E-state index contributed by atoms with van der Waals surface area (Å²) in [5.74, 6) is 1.06. The van der Waals surface area contributed by atoms with Gasteiger partial charge in [0.25, 0.3) is 0 Å². The van der Waals surface area contributed by atoms with Gasteiger partial charge in [-0.05, 0) is 26.0 Å². The SMILES string of the molecule is CC(C)(CNS(=O)(=O)c1ccc2c(c1)OCCO2)[NH+]1CCOCC1. The third kappa shape index (κ3) is 3.83. The van der Waals surface area contributed by atoms with Gasteiger partial charge in [0.1, 0.15) is 31.8 Å². The maximum absolute atomic E-state index is 12.6. The van der Waals surface area contributed by atoms with Crippen molar-refractivity contribution < 1.29 is 27.5 Å². The van der Waals surface area contributed by atoms with Gasteiger partial charge >= 0.3 is 0 Å². The van der Waals surface area contributed by atoms with Crippen molar-refractivity contribution in [2.24, 2.45) is 0 Å². The predicted octanol–water partition coefficient (Wildman–Crippen LogP) is -0.570. The second-order valence-electron chi connectivity index (χ2n) is 6.73. The number of fused-ring (bicyclic) bond motifs is 1. The third-order valence-electron chi connectivity index (χ3n) is 4.58. The van der Waals surface area contributed by atoms with E-state index in [2.05, 4.69) is 18.6 Å². The average Bonchev–Trinajstić information content (AvgIpc) is 2.60. The van der Waals surface area contributed by atoms with E-state index in [0.29, 0.717) is 44.5 Å². The van der Waals surface area contributed by atoms with E-state index in [4.69, 9.17) is 14.2 Å².